The Labute approximate surface area is 129 Å². The molecule has 22 heavy (non-hydrogen) atoms. The second-order valence-electron chi connectivity index (χ2n) is 5.49. The highest BCUT2D eigenvalue weighted by Crippen LogP contribution is 2.18. The summed E-state index contributed by atoms with van der Waals surface area (Å²) in [6.45, 7) is 2.65. The van der Waals surface area contributed by atoms with Gasteiger partial charge in [-0.1, -0.05) is 30.3 Å². The molecule has 0 aliphatic heterocycles. The first-order chi connectivity index (χ1) is 10.7. The minimum Gasteiger partial charge on any atom is -0.422 e. The average molecular weight is 293 g/mol. The minimum atomic E-state index is -0.270. The number of benzene rings is 2. The van der Waals surface area contributed by atoms with Crippen LogP contribution in [-0.2, 0) is 6.42 Å². The molecular weight excluding hydrogens is 274 g/mol. The quantitative estimate of drug-likeness (QED) is 0.567. The first-order valence-corrected chi connectivity index (χ1v) is 7.55. The van der Waals surface area contributed by atoms with Crippen LogP contribution in [0.5, 0.6) is 0 Å². The molecule has 1 aromatic heterocycles. The van der Waals surface area contributed by atoms with Gasteiger partial charge >= 0.3 is 5.63 Å². The second-order valence-corrected chi connectivity index (χ2v) is 5.49. The molecule has 3 heteroatoms. The Morgan fingerprint density at radius 1 is 1.05 bits per heavy atom. The molecule has 0 radical (unpaired) electrons. The summed E-state index contributed by atoms with van der Waals surface area (Å²) in [7, 11) is 0. The van der Waals surface area contributed by atoms with E-state index in [0.29, 0.717) is 11.1 Å². The van der Waals surface area contributed by atoms with Crippen molar-refractivity contribution in [1.29, 1.82) is 0 Å². The van der Waals surface area contributed by atoms with Gasteiger partial charge in [-0.3, -0.25) is 0 Å². The normalized spacial score (nSPS) is 10.8. The van der Waals surface area contributed by atoms with Gasteiger partial charge in [-0.2, -0.15) is 0 Å². The molecule has 0 saturated carbocycles. The lowest BCUT2D eigenvalue weighted by Crippen LogP contribution is -2.04. The molecular formula is C19H19NO2. The van der Waals surface area contributed by atoms with Crippen LogP contribution >= 0.6 is 0 Å². The number of rotatable bonds is 5. The molecule has 1 N–H and O–H groups in total. The standard InChI is InChI=1S/C19H19NO2/c1-14-12-16-9-10-17(13-18(16)22-19(14)21)20-11-5-8-15-6-3-2-4-7-15/h2-4,6-7,9-10,12-13,20H,5,8,11H2,1H3. The summed E-state index contributed by atoms with van der Waals surface area (Å²) in [4.78, 5) is 11.6. The molecule has 0 aliphatic carbocycles. The van der Waals surface area contributed by atoms with Crippen LogP contribution in [0.25, 0.3) is 11.0 Å². The van der Waals surface area contributed by atoms with Gasteiger partial charge in [0.25, 0.3) is 0 Å². The third-order valence-corrected chi connectivity index (χ3v) is 3.72. The van der Waals surface area contributed by atoms with Crippen LogP contribution in [0.15, 0.2) is 63.8 Å². The lowest BCUT2D eigenvalue weighted by Gasteiger charge is -2.07. The first kappa shape index (κ1) is 14.4. The zero-order chi connectivity index (χ0) is 15.4. The van der Waals surface area contributed by atoms with E-state index < -0.39 is 0 Å². The van der Waals surface area contributed by atoms with Crippen LogP contribution in [0, 0.1) is 6.92 Å². The van der Waals surface area contributed by atoms with E-state index in [1.165, 1.54) is 5.56 Å². The van der Waals surface area contributed by atoms with E-state index in [1.54, 1.807) is 6.92 Å². The van der Waals surface area contributed by atoms with Crippen LogP contribution in [0.1, 0.15) is 17.5 Å². The molecule has 3 rings (SSSR count). The number of nitrogens with one attached hydrogen (secondary N) is 1. The third kappa shape index (κ3) is 3.37. The van der Waals surface area contributed by atoms with Gasteiger partial charge in [0.05, 0.1) is 0 Å². The Kier molecular flexibility index (Phi) is 4.24. The van der Waals surface area contributed by atoms with Crippen LogP contribution < -0.4 is 10.9 Å². The number of aryl methyl sites for hydroxylation is 2. The van der Waals surface area contributed by atoms with Crippen LogP contribution in [0.3, 0.4) is 0 Å². The molecule has 0 unspecified atom stereocenters. The van der Waals surface area contributed by atoms with Crippen molar-refractivity contribution < 1.29 is 4.42 Å². The van der Waals surface area contributed by atoms with E-state index in [2.05, 4.69) is 29.6 Å². The van der Waals surface area contributed by atoms with Gasteiger partial charge in [-0.15, -0.1) is 0 Å². The molecule has 0 spiro atoms. The van der Waals surface area contributed by atoms with Gasteiger partial charge in [0.2, 0.25) is 0 Å². The zero-order valence-corrected chi connectivity index (χ0v) is 12.6. The van der Waals surface area contributed by atoms with Crippen molar-refractivity contribution >= 4 is 16.7 Å². The molecule has 0 bridgehead atoms. The van der Waals surface area contributed by atoms with E-state index in [9.17, 15) is 4.79 Å². The fraction of sp³-hybridized carbons (Fsp3) is 0.211. The molecule has 3 aromatic rings. The van der Waals surface area contributed by atoms with Crippen molar-refractivity contribution in [2.45, 2.75) is 19.8 Å². The lowest BCUT2D eigenvalue weighted by atomic mass is 10.1. The van der Waals surface area contributed by atoms with Crippen LogP contribution in [-0.4, -0.2) is 6.54 Å². The van der Waals surface area contributed by atoms with Crippen molar-refractivity contribution in [1.82, 2.24) is 0 Å². The molecule has 0 saturated heterocycles. The number of hydrogen-bond donors (Lipinski definition) is 1. The maximum atomic E-state index is 11.6. The highest BCUT2D eigenvalue weighted by atomic mass is 16.4. The van der Waals surface area contributed by atoms with Crippen LogP contribution in [0.4, 0.5) is 5.69 Å². The first-order valence-electron chi connectivity index (χ1n) is 7.55. The fourth-order valence-electron chi connectivity index (χ4n) is 2.49. The Morgan fingerprint density at radius 2 is 1.86 bits per heavy atom. The maximum Gasteiger partial charge on any atom is 0.339 e. The summed E-state index contributed by atoms with van der Waals surface area (Å²) in [5.74, 6) is 0. The maximum absolute atomic E-state index is 11.6. The largest absolute Gasteiger partial charge is 0.422 e. The summed E-state index contributed by atoms with van der Waals surface area (Å²) in [5.41, 5.74) is 3.32. The van der Waals surface area contributed by atoms with E-state index in [4.69, 9.17) is 4.42 Å². The molecule has 0 aliphatic rings. The average Bonchev–Trinajstić information content (AvgIpc) is 2.54. The van der Waals surface area contributed by atoms with Gasteiger partial charge in [0.15, 0.2) is 0 Å². The summed E-state index contributed by atoms with van der Waals surface area (Å²) >= 11 is 0. The van der Waals surface area contributed by atoms with Gasteiger partial charge in [0.1, 0.15) is 5.58 Å². The highest BCUT2D eigenvalue weighted by molar-refractivity contribution is 5.80. The van der Waals surface area contributed by atoms with E-state index in [0.717, 1.165) is 30.5 Å². The van der Waals surface area contributed by atoms with Crippen molar-refractivity contribution in [3.05, 3.63) is 76.1 Å². The van der Waals surface area contributed by atoms with E-state index in [-0.39, 0.29) is 5.63 Å². The number of hydrogen-bond acceptors (Lipinski definition) is 3. The van der Waals surface area contributed by atoms with E-state index in [1.807, 2.05) is 30.3 Å². The highest BCUT2D eigenvalue weighted by Gasteiger charge is 2.02. The predicted molar refractivity (Wildman–Crippen MR) is 90.5 cm³/mol. The minimum absolute atomic E-state index is 0.270. The Balaban J connectivity index is 1.62. The number of anilines is 1. The smallest absolute Gasteiger partial charge is 0.339 e. The molecule has 3 nitrogen and oxygen atoms in total. The summed E-state index contributed by atoms with van der Waals surface area (Å²) in [6.07, 6.45) is 2.11. The van der Waals surface area contributed by atoms with Gasteiger partial charge in [-0.25, -0.2) is 4.79 Å². The van der Waals surface area contributed by atoms with Gasteiger partial charge in [-0.05, 0) is 43.5 Å². The SMILES string of the molecule is Cc1cc2ccc(NCCCc3ccccc3)cc2oc1=O. The predicted octanol–water partition coefficient (Wildman–Crippen LogP) is 4.15. The topological polar surface area (TPSA) is 42.2 Å². The molecule has 1 heterocycles. The van der Waals surface area contributed by atoms with Crippen molar-refractivity contribution in [2.75, 3.05) is 11.9 Å². The summed E-state index contributed by atoms with van der Waals surface area (Å²) < 4.78 is 5.31. The van der Waals surface area contributed by atoms with E-state index >= 15 is 0 Å². The molecule has 0 atom stereocenters. The summed E-state index contributed by atoms with van der Waals surface area (Å²) in [5, 5.41) is 4.33. The van der Waals surface area contributed by atoms with Crippen molar-refractivity contribution in [3.8, 4) is 0 Å². The van der Waals surface area contributed by atoms with Crippen molar-refractivity contribution in [3.63, 3.8) is 0 Å². The lowest BCUT2D eigenvalue weighted by molar-refractivity contribution is 0.555. The Bertz CT molecular complexity index is 822. The zero-order valence-electron chi connectivity index (χ0n) is 12.6. The van der Waals surface area contributed by atoms with Gasteiger partial charge in [0, 0.05) is 29.2 Å². The fourth-order valence-corrected chi connectivity index (χ4v) is 2.49. The van der Waals surface area contributed by atoms with Crippen LogP contribution in [0.2, 0.25) is 0 Å². The van der Waals surface area contributed by atoms with Gasteiger partial charge < -0.3 is 9.73 Å². The Morgan fingerprint density at radius 3 is 2.68 bits per heavy atom. The monoisotopic (exact) mass is 293 g/mol. The van der Waals surface area contributed by atoms with Crippen molar-refractivity contribution in [2.24, 2.45) is 0 Å². The molecule has 112 valence electrons. The molecule has 2 aromatic carbocycles. The third-order valence-electron chi connectivity index (χ3n) is 3.72. The number of fused-ring (bicyclic) bond motifs is 1. The molecule has 0 amide bonds. The Hall–Kier alpha value is -2.55. The second kappa shape index (κ2) is 6.48. The molecule has 0 fully saturated rings. The summed E-state index contributed by atoms with van der Waals surface area (Å²) in [6, 6.07) is 18.2.